The summed E-state index contributed by atoms with van der Waals surface area (Å²) in [7, 11) is 0. The molecule has 0 radical (unpaired) electrons. The van der Waals surface area contributed by atoms with E-state index in [1.807, 2.05) is 19.9 Å². The van der Waals surface area contributed by atoms with Crippen molar-refractivity contribution in [1.29, 1.82) is 0 Å². The van der Waals surface area contributed by atoms with Crippen LogP contribution in [0.25, 0.3) is 0 Å². The van der Waals surface area contributed by atoms with Gasteiger partial charge in [0.1, 0.15) is 5.02 Å². The number of esters is 1. The number of allylic oxidation sites excluding steroid dienone is 3. The maximum atomic E-state index is 12.3. The molecular formula is C27H37Cl3NO5PS. The molecule has 1 aliphatic carbocycles. The minimum Gasteiger partial charge on any atom is -0.444 e. The molecule has 212 valence electrons. The number of halogens is 3. The first kappa shape index (κ1) is 34.9. The van der Waals surface area contributed by atoms with Crippen molar-refractivity contribution in [3.8, 4) is 18.2 Å². The summed E-state index contributed by atoms with van der Waals surface area (Å²) in [6, 6.07) is 1.42. The normalized spacial score (nSPS) is 18.8. The fraction of sp³-hybridized carbons (Fsp3) is 0.556. The van der Waals surface area contributed by atoms with E-state index < -0.39 is 12.8 Å². The quantitative estimate of drug-likeness (QED) is 0.0801. The Labute approximate surface area is 247 Å². The zero-order valence-electron chi connectivity index (χ0n) is 23.1. The van der Waals surface area contributed by atoms with E-state index in [1.165, 1.54) is 11.6 Å². The van der Waals surface area contributed by atoms with Crippen LogP contribution in [0.15, 0.2) is 29.4 Å². The number of carbonyl (C=O) groups is 1. The van der Waals surface area contributed by atoms with Crippen LogP contribution in [0.2, 0.25) is 15.2 Å². The molecule has 1 heterocycles. The minimum atomic E-state index is -2.92. The van der Waals surface area contributed by atoms with Crippen molar-refractivity contribution in [2.24, 2.45) is 17.3 Å². The summed E-state index contributed by atoms with van der Waals surface area (Å²) >= 11 is 22.7. The van der Waals surface area contributed by atoms with Gasteiger partial charge < -0.3 is 9.26 Å². The van der Waals surface area contributed by atoms with Gasteiger partial charge in [0.15, 0.2) is 11.3 Å². The standard InChI is InChI=1S/C18H26O2.C9H11Cl3NO3PS/c1-8-10-13(5)15(9-2)20-17(19)16-14(11-12(3)4)18(16,6)7;1-3-14-17(18,15-4-2)16-9-7(11)5-6(10)8(12)13-9/h2,10-11,14-16H,8H2,1,3-7H3;5H,3-4H2,1-2H3/b13-10+;/t14?,15?,16-;/m0./s1. The van der Waals surface area contributed by atoms with Crippen LogP contribution < -0.4 is 4.52 Å². The molecule has 1 aromatic heterocycles. The second-order valence-corrected chi connectivity index (χ2v) is 13.4. The third kappa shape index (κ3) is 10.1. The summed E-state index contributed by atoms with van der Waals surface area (Å²) in [5.74, 6) is 2.61. The van der Waals surface area contributed by atoms with E-state index in [9.17, 15) is 4.79 Å². The lowest BCUT2D eigenvalue weighted by Crippen LogP contribution is -2.20. The lowest BCUT2D eigenvalue weighted by molar-refractivity contribution is -0.147. The zero-order valence-corrected chi connectivity index (χ0v) is 27.1. The first-order valence-corrected chi connectivity index (χ1v) is 15.9. The van der Waals surface area contributed by atoms with Crippen LogP contribution in [0, 0.1) is 29.6 Å². The van der Waals surface area contributed by atoms with E-state index in [0.29, 0.717) is 13.2 Å². The number of pyridine rings is 1. The summed E-state index contributed by atoms with van der Waals surface area (Å²) in [6.07, 6.45) is 9.99. The first-order valence-electron chi connectivity index (χ1n) is 12.3. The maximum Gasteiger partial charge on any atom is 0.381 e. The second kappa shape index (κ2) is 15.6. The number of hydrogen-bond donors (Lipinski definition) is 0. The number of rotatable bonds is 11. The molecule has 0 spiro atoms. The molecule has 0 N–H and O–H groups in total. The SMILES string of the molecule is C#CC(OC(=O)[C@@H]1C(C=C(C)C)C1(C)C)/C(C)=C/CC.CCOP(=S)(OCC)Oc1nc(Cl)c(Cl)cc1Cl. The van der Waals surface area contributed by atoms with Gasteiger partial charge in [-0.2, -0.15) is 4.98 Å². The number of hydrogen-bond acceptors (Lipinski definition) is 7. The minimum absolute atomic E-state index is 0.0319. The number of nitrogens with zero attached hydrogens (tertiary/aromatic N) is 1. The lowest BCUT2D eigenvalue weighted by atomic mass is 10.1. The number of terminal acetylenes is 1. The zero-order chi connectivity index (χ0) is 29.3. The highest BCUT2D eigenvalue weighted by Crippen LogP contribution is 2.60. The third-order valence-electron chi connectivity index (χ3n) is 5.63. The van der Waals surface area contributed by atoms with E-state index in [-0.39, 0.29) is 44.3 Å². The van der Waals surface area contributed by atoms with Crippen molar-refractivity contribution in [2.75, 3.05) is 13.2 Å². The van der Waals surface area contributed by atoms with Crippen LogP contribution in [0.5, 0.6) is 5.88 Å². The molecule has 1 saturated carbocycles. The fourth-order valence-corrected chi connectivity index (χ4v) is 6.27. The van der Waals surface area contributed by atoms with Crippen molar-refractivity contribution < 1.29 is 23.1 Å². The molecule has 0 saturated heterocycles. The average Bonchev–Trinajstić information content (AvgIpc) is 3.35. The monoisotopic (exact) mass is 623 g/mol. The Bertz CT molecular complexity index is 1120. The summed E-state index contributed by atoms with van der Waals surface area (Å²) in [4.78, 5) is 16.2. The second-order valence-electron chi connectivity index (χ2n) is 9.33. The molecule has 0 aromatic carbocycles. The number of ether oxygens (including phenoxy) is 1. The molecule has 2 unspecified atom stereocenters. The van der Waals surface area contributed by atoms with Crippen LogP contribution in [0.3, 0.4) is 0 Å². The largest absolute Gasteiger partial charge is 0.444 e. The Hall–Kier alpha value is -1.10. The predicted octanol–water partition coefficient (Wildman–Crippen LogP) is 8.84. The molecule has 0 aliphatic heterocycles. The van der Waals surface area contributed by atoms with E-state index in [1.54, 1.807) is 13.8 Å². The molecule has 1 fully saturated rings. The smallest absolute Gasteiger partial charge is 0.381 e. The molecule has 0 bridgehead atoms. The molecule has 3 atom stereocenters. The van der Waals surface area contributed by atoms with E-state index in [0.717, 1.165) is 12.0 Å². The lowest BCUT2D eigenvalue weighted by Gasteiger charge is -2.20. The summed E-state index contributed by atoms with van der Waals surface area (Å²) in [5.41, 5.74) is 2.13. The Morgan fingerprint density at radius 2 is 1.76 bits per heavy atom. The van der Waals surface area contributed by atoms with E-state index >= 15 is 0 Å². The van der Waals surface area contributed by atoms with E-state index in [2.05, 4.69) is 44.7 Å². The van der Waals surface area contributed by atoms with Crippen LogP contribution in [-0.2, 0) is 30.4 Å². The highest BCUT2D eigenvalue weighted by molar-refractivity contribution is 8.07. The molecule has 1 aromatic rings. The summed E-state index contributed by atoms with van der Waals surface area (Å²) in [6.45, 7) is 13.6. The third-order valence-corrected chi connectivity index (χ3v) is 8.97. The van der Waals surface area contributed by atoms with Gasteiger partial charge in [-0.3, -0.25) is 13.8 Å². The van der Waals surface area contributed by atoms with Crippen molar-refractivity contribution in [1.82, 2.24) is 4.98 Å². The fourth-order valence-electron chi connectivity index (χ4n) is 3.68. The molecule has 6 nitrogen and oxygen atoms in total. The van der Waals surface area contributed by atoms with Crippen LogP contribution in [0.4, 0.5) is 0 Å². The van der Waals surface area contributed by atoms with Crippen molar-refractivity contribution in [2.45, 2.75) is 67.9 Å². The average molecular weight is 625 g/mol. The Balaban J connectivity index is 0.000000382. The topological polar surface area (TPSA) is 66.9 Å². The van der Waals surface area contributed by atoms with Gasteiger partial charge in [-0.05, 0) is 64.0 Å². The van der Waals surface area contributed by atoms with Crippen LogP contribution in [-0.4, -0.2) is 30.3 Å². The van der Waals surface area contributed by atoms with Crippen molar-refractivity contribution in [3.63, 3.8) is 0 Å². The van der Waals surface area contributed by atoms with Crippen molar-refractivity contribution >= 4 is 59.3 Å². The highest BCUT2D eigenvalue weighted by atomic mass is 35.5. The van der Waals surface area contributed by atoms with Gasteiger partial charge in [0, 0.05) is 11.8 Å². The molecule has 0 amide bonds. The molecular weight excluding hydrogens is 588 g/mol. The van der Waals surface area contributed by atoms with Crippen LogP contribution >= 0.6 is 41.5 Å². The Kier molecular flexibility index (Phi) is 14.4. The van der Waals surface area contributed by atoms with Crippen molar-refractivity contribution in [3.05, 3.63) is 44.6 Å². The van der Waals surface area contributed by atoms with Gasteiger partial charge in [-0.25, -0.2) is 0 Å². The Morgan fingerprint density at radius 1 is 1.18 bits per heavy atom. The predicted molar refractivity (Wildman–Crippen MR) is 160 cm³/mol. The summed E-state index contributed by atoms with van der Waals surface area (Å²) in [5, 5.41) is 0.499. The van der Waals surface area contributed by atoms with Gasteiger partial charge in [0.05, 0.1) is 24.2 Å². The number of carbonyl (C=O) groups excluding carboxylic acids is 1. The number of aromatic nitrogens is 1. The highest BCUT2D eigenvalue weighted by Gasteiger charge is 2.61. The van der Waals surface area contributed by atoms with Gasteiger partial charge in [0.2, 0.25) is 5.88 Å². The van der Waals surface area contributed by atoms with Gasteiger partial charge in [-0.1, -0.05) is 79.2 Å². The first-order chi connectivity index (χ1) is 17.7. The Morgan fingerprint density at radius 3 is 2.24 bits per heavy atom. The van der Waals surface area contributed by atoms with Gasteiger partial charge in [-0.15, -0.1) is 6.42 Å². The molecule has 2 rings (SSSR count). The molecule has 1 aliphatic rings. The van der Waals surface area contributed by atoms with Gasteiger partial charge >= 0.3 is 12.7 Å². The molecule has 38 heavy (non-hydrogen) atoms. The maximum absolute atomic E-state index is 12.3. The summed E-state index contributed by atoms with van der Waals surface area (Å²) < 4.78 is 21.6. The van der Waals surface area contributed by atoms with Gasteiger partial charge in [0.25, 0.3) is 0 Å². The van der Waals surface area contributed by atoms with Crippen LogP contribution in [0.1, 0.15) is 61.8 Å². The molecule has 11 heteroatoms. The van der Waals surface area contributed by atoms with E-state index in [4.69, 9.17) is 71.3 Å².